The molecule has 8 heteroatoms. The number of rotatable bonds is 3. The highest BCUT2D eigenvalue weighted by Gasteiger charge is 2.53. The molecule has 0 bridgehead atoms. The van der Waals surface area contributed by atoms with Gasteiger partial charge in [0.1, 0.15) is 0 Å². The van der Waals surface area contributed by atoms with Gasteiger partial charge in [-0.2, -0.15) is 0 Å². The van der Waals surface area contributed by atoms with Crippen molar-refractivity contribution in [1.29, 1.82) is 0 Å². The van der Waals surface area contributed by atoms with Gasteiger partial charge in [-0.1, -0.05) is 0 Å². The Balaban J connectivity index is 1.76. The summed E-state index contributed by atoms with van der Waals surface area (Å²) < 4.78 is 31.9. The average molecular weight is 258 g/mol. The smallest absolute Gasteiger partial charge is 0.258 e. The van der Waals surface area contributed by atoms with Gasteiger partial charge in [0.25, 0.3) is 10.0 Å². The highest BCUT2D eigenvalue weighted by Crippen LogP contribution is 2.38. The maximum absolute atomic E-state index is 11.9. The zero-order valence-electron chi connectivity index (χ0n) is 9.04. The van der Waals surface area contributed by atoms with Gasteiger partial charge >= 0.3 is 0 Å². The predicted octanol–water partition coefficient (Wildman–Crippen LogP) is -1.20. The minimum atomic E-state index is -3.58. The standard InChI is InChI=1S/C9H14N4O3S/c10-7-5-1-2-16-9(5)8(7)13-17(14,15)6-3-11-4-12-6/h3-5,7-9,13H,1-2,10H2,(H,11,12). The highest BCUT2D eigenvalue weighted by atomic mass is 32.2. The number of hydrogen-bond acceptors (Lipinski definition) is 5. The third-order valence-corrected chi connectivity index (χ3v) is 4.89. The maximum atomic E-state index is 11.9. The molecule has 1 aliphatic heterocycles. The minimum Gasteiger partial charge on any atom is -0.376 e. The van der Waals surface area contributed by atoms with Crippen molar-refractivity contribution >= 4 is 10.0 Å². The Morgan fingerprint density at radius 3 is 3.12 bits per heavy atom. The number of ether oxygens (including phenoxy) is 1. The van der Waals surface area contributed by atoms with Crippen molar-refractivity contribution in [3.05, 3.63) is 12.5 Å². The average Bonchev–Trinajstić information content (AvgIpc) is 2.95. The lowest BCUT2D eigenvalue weighted by Crippen LogP contribution is -2.68. The van der Waals surface area contributed by atoms with E-state index in [0.717, 1.165) is 6.42 Å². The molecule has 17 heavy (non-hydrogen) atoms. The fourth-order valence-electron chi connectivity index (χ4n) is 2.53. The fraction of sp³-hybridized carbons (Fsp3) is 0.667. The predicted molar refractivity (Wildman–Crippen MR) is 58.5 cm³/mol. The molecule has 94 valence electrons. The molecule has 4 N–H and O–H groups in total. The molecule has 2 fully saturated rings. The number of imidazole rings is 1. The summed E-state index contributed by atoms with van der Waals surface area (Å²) in [5, 5.41) is 0.0474. The molecule has 2 aliphatic rings. The molecule has 1 aliphatic carbocycles. The molecule has 4 unspecified atom stereocenters. The van der Waals surface area contributed by atoms with E-state index in [0.29, 0.717) is 6.61 Å². The molecule has 3 rings (SSSR count). The third kappa shape index (κ3) is 1.68. The number of hydrogen-bond donors (Lipinski definition) is 3. The second kappa shape index (κ2) is 3.77. The van der Waals surface area contributed by atoms with Gasteiger partial charge in [-0.05, 0) is 6.42 Å². The van der Waals surface area contributed by atoms with Crippen LogP contribution >= 0.6 is 0 Å². The van der Waals surface area contributed by atoms with E-state index in [4.69, 9.17) is 10.5 Å². The Labute approximate surface area is 98.8 Å². The van der Waals surface area contributed by atoms with Crippen molar-refractivity contribution in [2.45, 2.75) is 29.6 Å². The Morgan fingerprint density at radius 1 is 1.59 bits per heavy atom. The first-order valence-electron chi connectivity index (χ1n) is 5.47. The molecule has 1 aromatic rings. The van der Waals surface area contributed by atoms with Crippen LogP contribution in [0.15, 0.2) is 17.6 Å². The molecule has 2 heterocycles. The topological polar surface area (TPSA) is 110 Å². The normalized spacial score (nSPS) is 36.5. The van der Waals surface area contributed by atoms with Crippen LogP contribution in [0, 0.1) is 5.92 Å². The first-order chi connectivity index (χ1) is 8.09. The zero-order chi connectivity index (χ0) is 12.0. The van der Waals surface area contributed by atoms with E-state index in [2.05, 4.69) is 14.7 Å². The Bertz CT molecular complexity index is 500. The van der Waals surface area contributed by atoms with Gasteiger partial charge in [0.2, 0.25) is 0 Å². The first-order valence-corrected chi connectivity index (χ1v) is 6.96. The SMILES string of the molecule is NC1C2CCOC2C1NS(=O)(=O)c1cnc[nH]1. The Hall–Kier alpha value is -0.960. The van der Waals surface area contributed by atoms with Gasteiger partial charge in [0, 0.05) is 18.6 Å². The van der Waals surface area contributed by atoms with Crippen LogP contribution in [0.5, 0.6) is 0 Å². The van der Waals surface area contributed by atoms with Crippen molar-refractivity contribution in [3.63, 3.8) is 0 Å². The van der Waals surface area contributed by atoms with Gasteiger partial charge in [-0.15, -0.1) is 0 Å². The van der Waals surface area contributed by atoms with Crippen LogP contribution in [0.3, 0.4) is 0 Å². The third-order valence-electron chi connectivity index (χ3n) is 3.50. The lowest BCUT2D eigenvalue weighted by atomic mass is 9.73. The van der Waals surface area contributed by atoms with Gasteiger partial charge in [0.05, 0.1) is 24.7 Å². The van der Waals surface area contributed by atoms with Crippen LogP contribution < -0.4 is 10.5 Å². The number of nitrogens with two attached hydrogens (primary N) is 1. The first kappa shape index (κ1) is 11.1. The minimum absolute atomic E-state index is 0.0474. The number of nitrogens with one attached hydrogen (secondary N) is 2. The lowest BCUT2D eigenvalue weighted by molar-refractivity contribution is -0.00926. The van der Waals surface area contributed by atoms with Crippen LogP contribution in [0.1, 0.15) is 6.42 Å². The summed E-state index contributed by atoms with van der Waals surface area (Å²) in [6.07, 6.45) is 3.42. The summed E-state index contributed by atoms with van der Waals surface area (Å²) in [4.78, 5) is 6.25. The van der Waals surface area contributed by atoms with Crippen LogP contribution in [0.25, 0.3) is 0 Å². The Morgan fingerprint density at radius 2 is 2.41 bits per heavy atom. The van der Waals surface area contributed by atoms with E-state index in [-0.39, 0.29) is 29.1 Å². The van der Waals surface area contributed by atoms with Gasteiger partial charge in [0.15, 0.2) is 5.03 Å². The van der Waals surface area contributed by atoms with Crippen LogP contribution in [0.4, 0.5) is 0 Å². The van der Waals surface area contributed by atoms with E-state index in [9.17, 15) is 8.42 Å². The number of fused-ring (bicyclic) bond motifs is 1. The molecule has 0 radical (unpaired) electrons. The fourth-order valence-corrected chi connectivity index (χ4v) is 3.71. The zero-order valence-corrected chi connectivity index (χ0v) is 9.85. The van der Waals surface area contributed by atoms with Crippen LogP contribution in [-0.4, -0.2) is 43.2 Å². The molecule has 0 spiro atoms. The van der Waals surface area contributed by atoms with E-state index >= 15 is 0 Å². The van der Waals surface area contributed by atoms with E-state index in [1.807, 2.05) is 0 Å². The summed E-state index contributed by atoms with van der Waals surface area (Å²) in [5.74, 6) is 0.282. The van der Waals surface area contributed by atoms with Crippen LogP contribution in [-0.2, 0) is 14.8 Å². The number of aromatic amines is 1. The van der Waals surface area contributed by atoms with Gasteiger partial charge in [-0.3, -0.25) is 0 Å². The summed E-state index contributed by atoms with van der Waals surface area (Å²) in [7, 11) is -3.58. The van der Waals surface area contributed by atoms with E-state index < -0.39 is 10.0 Å². The summed E-state index contributed by atoms with van der Waals surface area (Å²) in [6.45, 7) is 0.658. The van der Waals surface area contributed by atoms with Crippen molar-refractivity contribution in [3.8, 4) is 0 Å². The number of sulfonamides is 1. The van der Waals surface area contributed by atoms with E-state index in [1.165, 1.54) is 12.5 Å². The maximum Gasteiger partial charge on any atom is 0.258 e. The van der Waals surface area contributed by atoms with Gasteiger partial charge in [-0.25, -0.2) is 18.1 Å². The van der Waals surface area contributed by atoms with Crippen molar-refractivity contribution in [1.82, 2.24) is 14.7 Å². The molecule has 7 nitrogen and oxygen atoms in total. The number of aromatic nitrogens is 2. The number of H-pyrrole nitrogens is 1. The molecule has 1 saturated heterocycles. The van der Waals surface area contributed by atoms with Gasteiger partial charge < -0.3 is 15.5 Å². The summed E-state index contributed by atoms with van der Waals surface area (Å²) in [5.41, 5.74) is 5.94. The molecule has 0 amide bonds. The van der Waals surface area contributed by atoms with Crippen LogP contribution in [0.2, 0.25) is 0 Å². The van der Waals surface area contributed by atoms with Crippen molar-refractivity contribution in [2.75, 3.05) is 6.61 Å². The second-order valence-corrected chi connectivity index (χ2v) is 6.11. The summed E-state index contributed by atoms with van der Waals surface area (Å²) >= 11 is 0. The highest BCUT2D eigenvalue weighted by molar-refractivity contribution is 7.89. The molecular formula is C9H14N4O3S. The number of nitrogens with zero attached hydrogens (tertiary/aromatic N) is 1. The monoisotopic (exact) mass is 258 g/mol. The largest absolute Gasteiger partial charge is 0.376 e. The van der Waals surface area contributed by atoms with Crippen molar-refractivity contribution in [2.24, 2.45) is 11.7 Å². The second-order valence-electron chi connectivity index (χ2n) is 4.43. The summed E-state index contributed by atoms with van der Waals surface area (Å²) in [6, 6.07) is -0.504. The lowest BCUT2D eigenvalue weighted by Gasteiger charge is -2.45. The van der Waals surface area contributed by atoms with E-state index in [1.54, 1.807) is 0 Å². The molecule has 1 saturated carbocycles. The quantitative estimate of drug-likeness (QED) is 0.631. The Kier molecular flexibility index (Phi) is 2.47. The van der Waals surface area contributed by atoms with Crippen molar-refractivity contribution < 1.29 is 13.2 Å². The molecule has 4 atom stereocenters. The molecule has 1 aromatic heterocycles. The molecular weight excluding hydrogens is 244 g/mol. The molecule has 0 aromatic carbocycles.